The van der Waals surface area contributed by atoms with E-state index >= 15 is 0 Å². The molecule has 0 spiro atoms. The van der Waals surface area contributed by atoms with Crippen molar-refractivity contribution in [2.75, 3.05) is 13.1 Å². The molecule has 0 aliphatic heterocycles. The summed E-state index contributed by atoms with van der Waals surface area (Å²) in [6.07, 6.45) is 0. The highest BCUT2D eigenvalue weighted by Crippen LogP contribution is 2.15. The van der Waals surface area contributed by atoms with Crippen LogP contribution < -0.4 is 10.0 Å². The monoisotopic (exact) mass is 410 g/mol. The first-order valence-electron chi connectivity index (χ1n) is 8.00. The highest BCUT2D eigenvalue weighted by atomic mass is 35.5. The number of hydrogen-bond donors (Lipinski definition) is 2. The van der Waals surface area contributed by atoms with Gasteiger partial charge in [0.1, 0.15) is 13.2 Å². The van der Waals surface area contributed by atoms with Gasteiger partial charge in [0, 0.05) is 10.6 Å². The Morgan fingerprint density at radius 1 is 1.04 bits per heavy atom. The second-order valence-electron chi connectivity index (χ2n) is 5.67. The predicted octanol–water partition coefficient (Wildman–Crippen LogP) is 1.79. The summed E-state index contributed by atoms with van der Waals surface area (Å²) in [5.74, 6) is -1.31. The molecule has 0 saturated carbocycles. The van der Waals surface area contributed by atoms with Crippen LogP contribution in [0.25, 0.3) is 0 Å². The summed E-state index contributed by atoms with van der Waals surface area (Å²) in [5, 5.41) is 2.77. The lowest BCUT2D eigenvalue weighted by atomic mass is 10.2. The van der Waals surface area contributed by atoms with E-state index in [1.165, 1.54) is 12.1 Å². The first kappa shape index (κ1) is 20.9. The van der Waals surface area contributed by atoms with Gasteiger partial charge in [0.25, 0.3) is 0 Å². The zero-order valence-electron chi connectivity index (χ0n) is 14.6. The first-order chi connectivity index (χ1) is 12.8. The summed E-state index contributed by atoms with van der Waals surface area (Å²) in [6.45, 7) is 0.945. The number of amides is 1. The molecule has 144 valence electrons. The fraction of sp³-hybridized carbons (Fsp3) is 0.222. The molecule has 0 unspecified atom stereocenters. The number of carbonyl (C=O) groups is 2. The molecule has 0 saturated heterocycles. The lowest BCUT2D eigenvalue weighted by Gasteiger charge is -2.09. The summed E-state index contributed by atoms with van der Waals surface area (Å²) >= 11 is 5.95. The molecular weight excluding hydrogens is 392 g/mol. The number of hydrogen-bond acceptors (Lipinski definition) is 5. The van der Waals surface area contributed by atoms with E-state index < -0.39 is 28.4 Å². The van der Waals surface area contributed by atoms with E-state index in [0.717, 1.165) is 5.56 Å². The molecule has 0 fully saturated rings. The van der Waals surface area contributed by atoms with Gasteiger partial charge in [-0.2, -0.15) is 0 Å². The Morgan fingerprint density at radius 3 is 2.37 bits per heavy atom. The van der Waals surface area contributed by atoms with Crippen molar-refractivity contribution in [2.45, 2.75) is 18.4 Å². The molecule has 0 aliphatic carbocycles. The lowest BCUT2D eigenvalue weighted by molar-refractivity contribution is -0.145. The molecule has 0 bridgehead atoms. The van der Waals surface area contributed by atoms with Crippen molar-refractivity contribution < 1.29 is 22.7 Å². The molecule has 1 amide bonds. The minimum absolute atomic E-state index is 0.0194. The number of esters is 1. The minimum atomic E-state index is -3.80. The molecule has 27 heavy (non-hydrogen) atoms. The van der Waals surface area contributed by atoms with Gasteiger partial charge in [0.2, 0.25) is 15.9 Å². The molecule has 7 nitrogen and oxygen atoms in total. The molecule has 9 heteroatoms. The van der Waals surface area contributed by atoms with Crippen molar-refractivity contribution in [2.24, 2.45) is 0 Å². The van der Waals surface area contributed by atoms with E-state index in [9.17, 15) is 18.0 Å². The number of aryl methyl sites for hydroxylation is 1. The third kappa shape index (κ3) is 6.67. The van der Waals surface area contributed by atoms with E-state index in [0.29, 0.717) is 10.6 Å². The van der Waals surface area contributed by atoms with Crippen molar-refractivity contribution in [3.8, 4) is 0 Å². The Kier molecular flexibility index (Phi) is 7.35. The van der Waals surface area contributed by atoms with Crippen LogP contribution in [0.2, 0.25) is 5.02 Å². The Balaban J connectivity index is 1.74. The highest BCUT2D eigenvalue weighted by molar-refractivity contribution is 7.89. The van der Waals surface area contributed by atoms with Crippen molar-refractivity contribution in [1.29, 1.82) is 0 Å². The number of rotatable bonds is 8. The molecule has 0 aliphatic rings. The van der Waals surface area contributed by atoms with Crippen molar-refractivity contribution in [1.82, 2.24) is 10.0 Å². The van der Waals surface area contributed by atoms with Gasteiger partial charge in [-0.05, 0) is 25.1 Å². The normalized spacial score (nSPS) is 11.0. The minimum Gasteiger partial charge on any atom is -0.459 e. The second kappa shape index (κ2) is 9.50. The van der Waals surface area contributed by atoms with Gasteiger partial charge >= 0.3 is 5.97 Å². The Hall–Kier alpha value is -2.42. The number of sulfonamides is 1. The van der Waals surface area contributed by atoms with Gasteiger partial charge in [-0.15, -0.1) is 0 Å². The van der Waals surface area contributed by atoms with Crippen molar-refractivity contribution >= 4 is 33.5 Å². The summed E-state index contributed by atoms with van der Waals surface area (Å²) < 4.78 is 31.3. The maximum absolute atomic E-state index is 12.1. The third-order valence-corrected chi connectivity index (χ3v) is 5.32. The van der Waals surface area contributed by atoms with Crippen LogP contribution in [0.3, 0.4) is 0 Å². The Bertz CT molecular complexity index is 914. The van der Waals surface area contributed by atoms with Gasteiger partial charge in [-0.1, -0.05) is 47.5 Å². The van der Waals surface area contributed by atoms with Gasteiger partial charge in [0.15, 0.2) is 0 Å². The van der Waals surface area contributed by atoms with Crippen LogP contribution in [0.1, 0.15) is 11.1 Å². The molecular formula is C18H19ClN2O5S. The maximum Gasteiger partial charge on any atom is 0.325 e. The average Bonchev–Trinajstić information content (AvgIpc) is 2.64. The van der Waals surface area contributed by atoms with Crippen LogP contribution >= 0.6 is 11.6 Å². The molecule has 0 heterocycles. The lowest BCUT2D eigenvalue weighted by Crippen LogP contribution is -2.39. The van der Waals surface area contributed by atoms with E-state index in [2.05, 4.69) is 10.0 Å². The SMILES string of the molecule is Cc1ccc(S(=O)(=O)NCC(=O)NCC(=O)OCc2ccccc2Cl)cc1. The average molecular weight is 411 g/mol. The van der Waals surface area contributed by atoms with Gasteiger partial charge in [-0.25, -0.2) is 13.1 Å². The molecule has 2 N–H and O–H groups in total. The number of ether oxygens (including phenoxy) is 1. The zero-order valence-corrected chi connectivity index (χ0v) is 16.1. The molecule has 0 atom stereocenters. The summed E-state index contributed by atoms with van der Waals surface area (Å²) in [5.41, 5.74) is 1.56. The van der Waals surface area contributed by atoms with E-state index in [4.69, 9.17) is 16.3 Å². The maximum atomic E-state index is 12.1. The predicted molar refractivity (Wildman–Crippen MR) is 101 cm³/mol. The van der Waals surface area contributed by atoms with E-state index in [1.54, 1.807) is 36.4 Å². The highest BCUT2D eigenvalue weighted by Gasteiger charge is 2.15. The molecule has 0 radical (unpaired) electrons. The van der Waals surface area contributed by atoms with Crippen LogP contribution in [0.4, 0.5) is 0 Å². The fourth-order valence-electron chi connectivity index (χ4n) is 2.02. The van der Waals surface area contributed by atoms with Crippen LogP contribution in [0, 0.1) is 6.92 Å². The Morgan fingerprint density at radius 2 is 1.70 bits per heavy atom. The van der Waals surface area contributed by atoms with Crippen LogP contribution in [-0.2, 0) is 31.0 Å². The van der Waals surface area contributed by atoms with E-state index in [1.807, 2.05) is 6.92 Å². The first-order valence-corrected chi connectivity index (χ1v) is 9.86. The smallest absolute Gasteiger partial charge is 0.325 e. The zero-order chi connectivity index (χ0) is 19.9. The largest absolute Gasteiger partial charge is 0.459 e. The summed E-state index contributed by atoms with van der Waals surface area (Å²) in [4.78, 5) is 23.5. The number of halogens is 1. The molecule has 2 rings (SSSR count). The topological polar surface area (TPSA) is 102 Å². The summed E-state index contributed by atoms with van der Waals surface area (Å²) in [7, 11) is -3.80. The number of nitrogens with one attached hydrogen (secondary N) is 2. The van der Waals surface area contributed by atoms with Gasteiger partial charge in [0.05, 0.1) is 11.4 Å². The second-order valence-corrected chi connectivity index (χ2v) is 7.84. The fourth-order valence-corrected chi connectivity index (χ4v) is 3.19. The quantitative estimate of drug-likeness (QED) is 0.646. The van der Waals surface area contributed by atoms with Crippen LogP contribution in [0.15, 0.2) is 53.4 Å². The molecule has 2 aromatic rings. The molecule has 2 aromatic carbocycles. The number of benzene rings is 2. The van der Waals surface area contributed by atoms with Gasteiger partial charge in [-0.3, -0.25) is 9.59 Å². The third-order valence-electron chi connectivity index (χ3n) is 3.53. The standard InChI is InChI=1S/C18H19ClN2O5S/c1-13-6-8-15(9-7-13)27(24,25)21-10-17(22)20-11-18(23)26-12-14-4-2-3-5-16(14)19/h2-9,21H,10-12H2,1H3,(H,20,22). The van der Waals surface area contributed by atoms with E-state index in [-0.39, 0.29) is 18.0 Å². The van der Waals surface area contributed by atoms with Crippen LogP contribution in [-0.4, -0.2) is 33.4 Å². The summed E-state index contributed by atoms with van der Waals surface area (Å²) in [6, 6.07) is 13.1. The van der Waals surface area contributed by atoms with Crippen molar-refractivity contribution in [3.63, 3.8) is 0 Å². The Labute approximate surface area is 162 Å². The van der Waals surface area contributed by atoms with Crippen LogP contribution in [0.5, 0.6) is 0 Å². The van der Waals surface area contributed by atoms with Gasteiger partial charge < -0.3 is 10.1 Å². The number of carbonyl (C=O) groups excluding carboxylic acids is 2. The van der Waals surface area contributed by atoms with Crippen molar-refractivity contribution in [3.05, 3.63) is 64.7 Å². The molecule has 0 aromatic heterocycles.